The highest BCUT2D eigenvalue weighted by Gasteiger charge is 2.04. The third-order valence-corrected chi connectivity index (χ3v) is 4.06. The van der Waals surface area contributed by atoms with E-state index in [9.17, 15) is 0 Å². The molecule has 0 amide bonds. The van der Waals surface area contributed by atoms with Crippen LogP contribution < -0.4 is 20.1 Å². The van der Waals surface area contributed by atoms with Gasteiger partial charge in [-0.15, -0.1) is 24.0 Å². The molecular weight excluding hydrogens is 453 g/mol. The number of nitrogens with zero attached hydrogens (tertiary/aromatic N) is 1. The molecule has 148 valence electrons. The van der Waals surface area contributed by atoms with Crippen molar-refractivity contribution < 1.29 is 9.47 Å². The minimum absolute atomic E-state index is 0. The van der Waals surface area contributed by atoms with E-state index in [0.717, 1.165) is 43.4 Å². The zero-order chi connectivity index (χ0) is 18.6. The van der Waals surface area contributed by atoms with Crippen LogP contribution in [0.1, 0.15) is 18.1 Å². The molecule has 2 aromatic carbocycles. The quantitative estimate of drug-likeness (QED) is 0.325. The first-order valence-corrected chi connectivity index (χ1v) is 9.05. The Morgan fingerprint density at radius 2 is 1.41 bits per heavy atom. The summed E-state index contributed by atoms with van der Waals surface area (Å²) in [5.74, 6) is 2.68. The first kappa shape index (κ1) is 23.1. The molecule has 0 fully saturated rings. The molecule has 2 rings (SSSR count). The Balaban J connectivity index is 0.00000364. The molecule has 0 radical (unpaired) electrons. The van der Waals surface area contributed by atoms with E-state index in [4.69, 9.17) is 9.47 Å². The standard InChI is InChI=1S/C21H29N3O2.HI/c1-4-26-20-12-8-6-10-18(20)14-16-24-21(22-2)23-15-13-17-9-5-7-11-19(17)25-3;/h5-12H,4,13-16H2,1-3H3,(H2,22,23,24);1H. The van der Waals surface area contributed by atoms with Gasteiger partial charge >= 0.3 is 0 Å². The van der Waals surface area contributed by atoms with E-state index < -0.39 is 0 Å². The molecule has 0 spiro atoms. The van der Waals surface area contributed by atoms with Crippen molar-refractivity contribution in [1.29, 1.82) is 0 Å². The molecule has 0 heterocycles. The molecule has 0 aliphatic rings. The second-order valence-electron chi connectivity index (χ2n) is 5.78. The zero-order valence-corrected chi connectivity index (χ0v) is 18.7. The van der Waals surface area contributed by atoms with Crippen LogP contribution in [0.5, 0.6) is 11.5 Å². The zero-order valence-electron chi connectivity index (χ0n) is 16.3. The number of ether oxygens (including phenoxy) is 2. The van der Waals surface area contributed by atoms with Gasteiger partial charge in [-0.3, -0.25) is 4.99 Å². The maximum atomic E-state index is 5.67. The lowest BCUT2D eigenvalue weighted by Crippen LogP contribution is -2.39. The molecule has 0 aliphatic heterocycles. The Morgan fingerprint density at radius 1 is 0.889 bits per heavy atom. The molecule has 0 atom stereocenters. The Kier molecular flexibility index (Phi) is 11.3. The van der Waals surface area contributed by atoms with Gasteiger partial charge < -0.3 is 20.1 Å². The van der Waals surface area contributed by atoms with E-state index in [0.29, 0.717) is 6.61 Å². The van der Waals surface area contributed by atoms with Crippen LogP contribution in [0, 0.1) is 0 Å². The van der Waals surface area contributed by atoms with Crippen molar-refractivity contribution >= 4 is 29.9 Å². The van der Waals surface area contributed by atoms with E-state index in [2.05, 4.69) is 27.8 Å². The first-order chi connectivity index (χ1) is 12.8. The fourth-order valence-electron chi connectivity index (χ4n) is 2.77. The number of rotatable bonds is 9. The highest BCUT2D eigenvalue weighted by Crippen LogP contribution is 2.18. The summed E-state index contributed by atoms with van der Waals surface area (Å²) < 4.78 is 11.1. The average molecular weight is 483 g/mol. The second-order valence-corrected chi connectivity index (χ2v) is 5.78. The van der Waals surface area contributed by atoms with Crippen molar-refractivity contribution in [2.75, 3.05) is 33.9 Å². The Bertz CT molecular complexity index is 707. The predicted octanol–water partition coefficient (Wildman–Crippen LogP) is 3.66. The smallest absolute Gasteiger partial charge is 0.190 e. The number of para-hydroxylation sites is 2. The Morgan fingerprint density at radius 3 is 1.93 bits per heavy atom. The van der Waals surface area contributed by atoms with Gasteiger partial charge in [0.2, 0.25) is 0 Å². The van der Waals surface area contributed by atoms with Crippen LogP contribution in [0.3, 0.4) is 0 Å². The number of benzene rings is 2. The summed E-state index contributed by atoms with van der Waals surface area (Å²) >= 11 is 0. The highest BCUT2D eigenvalue weighted by molar-refractivity contribution is 14.0. The second kappa shape index (κ2) is 13.2. The summed E-state index contributed by atoms with van der Waals surface area (Å²) in [6.45, 7) is 4.26. The molecule has 0 saturated carbocycles. The Labute approximate surface area is 179 Å². The van der Waals surface area contributed by atoms with Crippen molar-refractivity contribution in [2.24, 2.45) is 4.99 Å². The SMILES string of the molecule is CCOc1ccccc1CCNC(=NC)NCCc1ccccc1OC.I. The minimum atomic E-state index is 0. The van der Waals surface area contributed by atoms with E-state index >= 15 is 0 Å². The normalized spacial score (nSPS) is 10.7. The first-order valence-electron chi connectivity index (χ1n) is 9.05. The number of guanidine groups is 1. The van der Waals surface area contributed by atoms with Crippen LogP contribution in [0.25, 0.3) is 0 Å². The van der Waals surface area contributed by atoms with Crippen molar-refractivity contribution in [3.05, 3.63) is 59.7 Å². The van der Waals surface area contributed by atoms with Crippen LogP contribution in [-0.2, 0) is 12.8 Å². The lowest BCUT2D eigenvalue weighted by atomic mass is 10.1. The van der Waals surface area contributed by atoms with Gasteiger partial charge in [-0.05, 0) is 43.0 Å². The van der Waals surface area contributed by atoms with Gasteiger partial charge in [-0.1, -0.05) is 36.4 Å². The van der Waals surface area contributed by atoms with Crippen LogP contribution in [0.4, 0.5) is 0 Å². The number of hydrogen-bond donors (Lipinski definition) is 2. The molecule has 5 nitrogen and oxygen atoms in total. The van der Waals surface area contributed by atoms with Crippen molar-refractivity contribution in [3.8, 4) is 11.5 Å². The predicted molar refractivity (Wildman–Crippen MR) is 123 cm³/mol. The number of nitrogens with one attached hydrogen (secondary N) is 2. The largest absolute Gasteiger partial charge is 0.496 e. The van der Waals surface area contributed by atoms with Crippen molar-refractivity contribution in [2.45, 2.75) is 19.8 Å². The summed E-state index contributed by atoms with van der Waals surface area (Å²) in [6.07, 6.45) is 1.75. The van der Waals surface area contributed by atoms with Crippen molar-refractivity contribution in [3.63, 3.8) is 0 Å². The van der Waals surface area contributed by atoms with Crippen LogP contribution in [0.2, 0.25) is 0 Å². The van der Waals surface area contributed by atoms with E-state index in [1.54, 1.807) is 14.2 Å². The molecule has 0 aliphatic carbocycles. The molecule has 2 aromatic rings. The van der Waals surface area contributed by atoms with Gasteiger partial charge in [0.05, 0.1) is 13.7 Å². The van der Waals surface area contributed by atoms with Gasteiger partial charge in [-0.25, -0.2) is 0 Å². The summed E-state index contributed by atoms with van der Waals surface area (Å²) in [4.78, 5) is 4.28. The summed E-state index contributed by atoms with van der Waals surface area (Å²) in [6, 6.07) is 16.2. The van der Waals surface area contributed by atoms with E-state index in [1.165, 1.54) is 11.1 Å². The Hall–Kier alpha value is -1.96. The van der Waals surface area contributed by atoms with Gasteiger partial charge in [0.15, 0.2) is 5.96 Å². The third kappa shape index (κ3) is 7.66. The maximum Gasteiger partial charge on any atom is 0.190 e. The molecule has 27 heavy (non-hydrogen) atoms. The van der Waals surface area contributed by atoms with Crippen LogP contribution in [0.15, 0.2) is 53.5 Å². The van der Waals surface area contributed by atoms with E-state index in [-0.39, 0.29) is 24.0 Å². The van der Waals surface area contributed by atoms with Crippen molar-refractivity contribution in [1.82, 2.24) is 10.6 Å². The summed E-state index contributed by atoms with van der Waals surface area (Å²) in [5, 5.41) is 6.70. The lowest BCUT2D eigenvalue weighted by Gasteiger charge is -2.14. The fourth-order valence-corrected chi connectivity index (χ4v) is 2.77. The van der Waals surface area contributed by atoms with Gasteiger partial charge in [0, 0.05) is 20.1 Å². The van der Waals surface area contributed by atoms with Gasteiger partial charge in [0.1, 0.15) is 11.5 Å². The molecule has 0 aromatic heterocycles. The van der Waals surface area contributed by atoms with Gasteiger partial charge in [-0.2, -0.15) is 0 Å². The summed E-state index contributed by atoms with van der Waals surface area (Å²) in [7, 11) is 3.49. The number of methoxy groups -OCH3 is 1. The number of aliphatic imine (C=N–C) groups is 1. The van der Waals surface area contributed by atoms with E-state index in [1.807, 2.05) is 43.3 Å². The lowest BCUT2D eigenvalue weighted by molar-refractivity contribution is 0.336. The molecule has 2 N–H and O–H groups in total. The topological polar surface area (TPSA) is 54.9 Å². The molecule has 0 unspecified atom stereocenters. The fraction of sp³-hybridized carbons (Fsp3) is 0.381. The molecule has 0 bridgehead atoms. The monoisotopic (exact) mass is 483 g/mol. The van der Waals surface area contributed by atoms with Crippen LogP contribution in [-0.4, -0.2) is 39.8 Å². The maximum absolute atomic E-state index is 5.67. The van der Waals surface area contributed by atoms with Crippen LogP contribution >= 0.6 is 24.0 Å². The summed E-state index contributed by atoms with van der Waals surface area (Å²) in [5.41, 5.74) is 2.38. The molecule has 6 heteroatoms. The number of halogens is 1. The minimum Gasteiger partial charge on any atom is -0.496 e. The number of hydrogen-bond acceptors (Lipinski definition) is 3. The average Bonchev–Trinajstić information content (AvgIpc) is 2.68. The highest BCUT2D eigenvalue weighted by atomic mass is 127. The molecular formula is C21H30IN3O2. The molecule has 0 saturated heterocycles. The third-order valence-electron chi connectivity index (χ3n) is 4.06. The van der Waals surface area contributed by atoms with Gasteiger partial charge in [0.25, 0.3) is 0 Å².